The van der Waals surface area contributed by atoms with Gasteiger partial charge in [-0.25, -0.2) is 0 Å². The monoisotopic (exact) mass is 222 g/mol. The first-order valence-corrected chi connectivity index (χ1v) is 7.83. The average Bonchev–Trinajstić information content (AvgIpc) is 1.97. The van der Waals surface area contributed by atoms with Crippen LogP contribution < -0.4 is 0 Å². The van der Waals surface area contributed by atoms with Crippen molar-refractivity contribution in [2.24, 2.45) is 0 Å². The van der Waals surface area contributed by atoms with E-state index in [1.54, 1.807) is 0 Å². The van der Waals surface area contributed by atoms with Gasteiger partial charge in [0.05, 0.1) is 6.67 Å². The van der Waals surface area contributed by atoms with Crippen molar-refractivity contribution in [1.82, 2.24) is 0 Å². The van der Waals surface area contributed by atoms with Crippen LogP contribution in [0.4, 0.5) is 4.39 Å². The molecule has 0 fully saturated rings. The van der Waals surface area contributed by atoms with E-state index >= 15 is 0 Å². The minimum Gasteiger partial charge on any atom is -0.392 e. The van der Waals surface area contributed by atoms with E-state index in [0.717, 1.165) is 6.04 Å². The fraction of sp³-hybridized carbons (Fsp3) is 1.00. The van der Waals surface area contributed by atoms with Gasteiger partial charge in [0, 0.05) is 12.2 Å². The van der Waals surface area contributed by atoms with E-state index in [0.29, 0.717) is 6.42 Å². The van der Waals surface area contributed by atoms with Crippen LogP contribution in [0.1, 0.15) is 34.1 Å². The molecule has 0 rings (SSSR count). The molecule has 0 N–H and O–H groups in total. The van der Waals surface area contributed by atoms with Gasteiger partial charge >= 0.3 is 8.56 Å². The summed E-state index contributed by atoms with van der Waals surface area (Å²) in [7, 11) is -2.14. The van der Waals surface area contributed by atoms with Crippen LogP contribution in [0.15, 0.2) is 0 Å². The highest BCUT2D eigenvalue weighted by molar-refractivity contribution is 6.66. The maximum absolute atomic E-state index is 12.1. The quantitative estimate of drug-likeness (QED) is 0.616. The molecule has 0 aliphatic heterocycles. The Balaban J connectivity index is 4.17. The van der Waals surface area contributed by atoms with Gasteiger partial charge in [0.2, 0.25) is 0 Å². The summed E-state index contributed by atoms with van der Waals surface area (Å²) in [6.45, 7) is 9.69. The Labute approximate surface area is 88.0 Å². The van der Waals surface area contributed by atoms with Crippen LogP contribution >= 0.6 is 0 Å². The molecule has 0 bridgehead atoms. The van der Waals surface area contributed by atoms with Gasteiger partial charge in [-0.2, -0.15) is 0 Å². The van der Waals surface area contributed by atoms with E-state index < -0.39 is 8.56 Å². The molecule has 0 aromatic rings. The second-order valence-corrected chi connectivity index (χ2v) is 7.50. The zero-order valence-corrected chi connectivity index (χ0v) is 11.0. The van der Waals surface area contributed by atoms with Crippen LogP contribution in [-0.4, -0.2) is 27.4 Å². The maximum atomic E-state index is 12.1. The molecule has 0 aliphatic carbocycles. The van der Waals surface area contributed by atoms with Crippen molar-refractivity contribution in [3.05, 3.63) is 0 Å². The lowest BCUT2D eigenvalue weighted by molar-refractivity contribution is 0.108. The second kappa shape index (κ2) is 6.53. The highest BCUT2D eigenvalue weighted by Gasteiger charge is 2.33. The van der Waals surface area contributed by atoms with Crippen LogP contribution in [0.25, 0.3) is 0 Å². The number of hydrogen-bond acceptors (Lipinski definition) is 2. The molecule has 0 saturated heterocycles. The predicted molar refractivity (Wildman–Crippen MR) is 59.5 cm³/mol. The number of rotatable bonds is 7. The minimum atomic E-state index is -2.14. The van der Waals surface area contributed by atoms with Crippen LogP contribution in [0.2, 0.25) is 12.6 Å². The zero-order chi connectivity index (χ0) is 11.2. The molecule has 0 atom stereocenters. The Morgan fingerprint density at radius 3 is 1.79 bits per heavy atom. The zero-order valence-electron chi connectivity index (χ0n) is 9.97. The lowest BCUT2D eigenvalue weighted by atomic mass is 10.5. The molecule has 0 heterocycles. The minimum absolute atomic E-state index is 0.157. The highest BCUT2D eigenvalue weighted by atomic mass is 28.4. The van der Waals surface area contributed by atoms with Gasteiger partial charge in [0.15, 0.2) is 0 Å². The molecule has 0 aromatic heterocycles. The van der Waals surface area contributed by atoms with Crippen molar-refractivity contribution in [3.8, 4) is 0 Å². The van der Waals surface area contributed by atoms with Gasteiger partial charge in [-0.05, 0) is 46.7 Å². The summed E-state index contributed by atoms with van der Waals surface area (Å²) in [6.07, 6.45) is 0.859. The normalized spacial score (nSPS) is 12.9. The van der Waals surface area contributed by atoms with E-state index in [1.807, 2.05) is 34.2 Å². The van der Waals surface area contributed by atoms with Crippen LogP contribution in [-0.2, 0) is 8.85 Å². The number of hydrogen-bond donors (Lipinski definition) is 0. The molecule has 2 nitrogen and oxygen atoms in total. The summed E-state index contributed by atoms with van der Waals surface area (Å²) in [5.74, 6) is 0. The largest absolute Gasteiger partial charge is 0.392 e. The molecule has 0 saturated carbocycles. The van der Waals surface area contributed by atoms with Crippen LogP contribution in [0.5, 0.6) is 0 Å². The Kier molecular flexibility index (Phi) is 6.56. The molecule has 0 aromatic carbocycles. The Hall–Kier alpha value is 0.0669. The maximum Gasteiger partial charge on any atom is 0.335 e. The molecule has 14 heavy (non-hydrogen) atoms. The summed E-state index contributed by atoms with van der Waals surface area (Å²) in [6, 6.07) is 0.736. The SMILES string of the molecule is CC(C)O[Si](C)(CCCF)OC(C)C. The molecule has 0 amide bonds. The standard InChI is InChI=1S/C10H23FO2Si/c1-9(2)12-14(5,8-6-7-11)13-10(3)4/h9-10H,6-8H2,1-5H3. The molecule has 4 heteroatoms. The number of halogens is 1. The van der Waals surface area contributed by atoms with Gasteiger partial charge < -0.3 is 8.85 Å². The molecule has 0 aliphatic rings. The number of alkyl halides is 1. The molecular formula is C10H23FO2Si. The third-order valence-corrected chi connectivity index (χ3v) is 4.94. The Morgan fingerprint density at radius 1 is 1.07 bits per heavy atom. The van der Waals surface area contributed by atoms with Crippen molar-refractivity contribution in [2.75, 3.05) is 6.67 Å². The first kappa shape index (κ1) is 14.1. The summed E-state index contributed by atoms with van der Waals surface area (Å²) in [5, 5.41) is 0. The van der Waals surface area contributed by atoms with E-state index in [4.69, 9.17) is 8.85 Å². The topological polar surface area (TPSA) is 18.5 Å². The van der Waals surface area contributed by atoms with Crippen molar-refractivity contribution < 1.29 is 13.2 Å². The molecular weight excluding hydrogens is 199 g/mol. The van der Waals surface area contributed by atoms with Crippen molar-refractivity contribution >= 4 is 8.56 Å². The summed E-state index contributed by atoms with van der Waals surface area (Å²) in [4.78, 5) is 0. The predicted octanol–water partition coefficient (Wildman–Crippen LogP) is 3.27. The lowest BCUT2D eigenvalue weighted by Crippen LogP contribution is -2.42. The Bertz CT molecular complexity index is 141. The van der Waals surface area contributed by atoms with E-state index in [1.165, 1.54) is 0 Å². The first-order chi connectivity index (χ1) is 6.39. The molecule has 0 spiro atoms. The Morgan fingerprint density at radius 2 is 1.50 bits per heavy atom. The molecule has 0 radical (unpaired) electrons. The first-order valence-electron chi connectivity index (χ1n) is 5.31. The summed E-state index contributed by atoms with van der Waals surface area (Å²) < 4.78 is 23.7. The van der Waals surface area contributed by atoms with Gasteiger partial charge in [0.25, 0.3) is 0 Å². The highest BCUT2D eigenvalue weighted by Crippen LogP contribution is 2.19. The van der Waals surface area contributed by atoms with Gasteiger partial charge in [-0.1, -0.05) is 0 Å². The van der Waals surface area contributed by atoms with Crippen LogP contribution in [0, 0.1) is 0 Å². The third kappa shape index (κ3) is 6.51. The van der Waals surface area contributed by atoms with E-state index in [9.17, 15) is 4.39 Å². The fourth-order valence-electron chi connectivity index (χ4n) is 1.53. The molecule has 86 valence electrons. The fourth-order valence-corrected chi connectivity index (χ4v) is 4.59. The van der Waals surface area contributed by atoms with Crippen molar-refractivity contribution in [2.45, 2.75) is 58.9 Å². The van der Waals surface area contributed by atoms with E-state index in [2.05, 4.69) is 0 Å². The summed E-state index contributed by atoms with van der Waals surface area (Å²) >= 11 is 0. The van der Waals surface area contributed by atoms with Gasteiger partial charge in [-0.3, -0.25) is 4.39 Å². The van der Waals surface area contributed by atoms with Crippen LogP contribution in [0.3, 0.4) is 0 Å². The second-order valence-electron chi connectivity index (χ2n) is 4.26. The van der Waals surface area contributed by atoms with Crippen molar-refractivity contribution in [1.29, 1.82) is 0 Å². The molecule has 0 unspecified atom stereocenters. The third-order valence-electron chi connectivity index (χ3n) is 1.73. The summed E-state index contributed by atoms with van der Waals surface area (Å²) in [5.41, 5.74) is 0. The van der Waals surface area contributed by atoms with Crippen molar-refractivity contribution in [3.63, 3.8) is 0 Å². The average molecular weight is 222 g/mol. The van der Waals surface area contributed by atoms with Gasteiger partial charge in [-0.15, -0.1) is 0 Å². The smallest absolute Gasteiger partial charge is 0.335 e. The van der Waals surface area contributed by atoms with E-state index in [-0.39, 0.29) is 18.9 Å². The van der Waals surface area contributed by atoms with Gasteiger partial charge in [0.1, 0.15) is 0 Å². The lowest BCUT2D eigenvalue weighted by Gasteiger charge is -2.30.